The summed E-state index contributed by atoms with van der Waals surface area (Å²) in [5.41, 5.74) is 1.77. The molecule has 1 aliphatic heterocycles. The summed E-state index contributed by atoms with van der Waals surface area (Å²) < 4.78 is 27.5. The molecule has 0 bridgehead atoms. The zero-order chi connectivity index (χ0) is 23.4. The highest BCUT2D eigenvalue weighted by Crippen LogP contribution is 2.28. The van der Waals surface area contributed by atoms with Crippen molar-refractivity contribution in [3.05, 3.63) is 65.2 Å². The van der Waals surface area contributed by atoms with Gasteiger partial charge in [-0.15, -0.1) is 0 Å². The van der Waals surface area contributed by atoms with Crippen molar-refractivity contribution in [1.82, 2.24) is 19.8 Å². The van der Waals surface area contributed by atoms with Gasteiger partial charge in [-0.25, -0.2) is 13.1 Å². The fourth-order valence-electron chi connectivity index (χ4n) is 3.68. The molecule has 0 radical (unpaired) electrons. The molecule has 2 aliphatic rings. The lowest BCUT2D eigenvalue weighted by atomic mass is 10.1. The van der Waals surface area contributed by atoms with Crippen LogP contribution in [0.15, 0.2) is 53.4 Å². The van der Waals surface area contributed by atoms with Crippen molar-refractivity contribution in [3.63, 3.8) is 0 Å². The molecule has 1 saturated heterocycles. The summed E-state index contributed by atoms with van der Waals surface area (Å²) in [7, 11) is -1.58. The SMILES string of the molecule is CN1CCN(C(=O)c2ccc(CNC(=O)c3cccc(S(=O)(=O)NCC4CC4)c3)cc2)CC1. The van der Waals surface area contributed by atoms with E-state index in [0.29, 0.717) is 18.0 Å². The van der Waals surface area contributed by atoms with E-state index in [1.54, 1.807) is 24.3 Å². The number of benzene rings is 2. The van der Waals surface area contributed by atoms with Crippen molar-refractivity contribution in [2.45, 2.75) is 24.3 Å². The molecule has 0 atom stereocenters. The molecule has 33 heavy (non-hydrogen) atoms. The van der Waals surface area contributed by atoms with Crippen molar-refractivity contribution in [2.24, 2.45) is 5.92 Å². The molecule has 2 aromatic rings. The highest BCUT2D eigenvalue weighted by molar-refractivity contribution is 7.89. The first-order valence-electron chi connectivity index (χ1n) is 11.3. The summed E-state index contributed by atoms with van der Waals surface area (Å²) in [5.74, 6) is 0.0910. The maximum Gasteiger partial charge on any atom is 0.253 e. The fourth-order valence-corrected chi connectivity index (χ4v) is 4.84. The van der Waals surface area contributed by atoms with Crippen LogP contribution in [0.5, 0.6) is 0 Å². The molecular weight excluding hydrogens is 440 g/mol. The van der Waals surface area contributed by atoms with Gasteiger partial charge in [0.15, 0.2) is 0 Å². The number of nitrogens with one attached hydrogen (secondary N) is 2. The first-order valence-corrected chi connectivity index (χ1v) is 12.7. The quantitative estimate of drug-likeness (QED) is 0.612. The smallest absolute Gasteiger partial charge is 0.253 e. The van der Waals surface area contributed by atoms with E-state index < -0.39 is 10.0 Å². The van der Waals surface area contributed by atoms with Gasteiger partial charge >= 0.3 is 0 Å². The molecule has 1 aliphatic carbocycles. The van der Waals surface area contributed by atoms with Gasteiger partial charge in [-0.3, -0.25) is 9.59 Å². The normalized spacial score (nSPS) is 17.1. The predicted molar refractivity (Wildman–Crippen MR) is 125 cm³/mol. The van der Waals surface area contributed by atoms with E-state index in [4.69, 9.17) is 0 Å². The minimum Gasteiger partial charge on any atom is -0.348 e. The molecular formula is C24H30N4O4S. The Morgan fingerprint density at radius 3 is 2.33 bits per heavy atom. The third-order valence-corrected chi connectivity index (χ3v) is 7.53. The molecule has 1 heterocycles. The van der Waals surface area contributed by atoms with Gasteiger partial charge in [-0.1, -0.05) is 18.2 Å². The Hall–Kier alpha value is -2.75. The first-order chi connectivity index (χ1) is 15.8. The van der Waals surface area contributed by atoms with Crippen molar-refractivity contribution in [3.8, 4) is 0 Å². The Morgan fingerprint density at radius 1 is 0.970 bits per heavy atom. The average molecular weight is 471 g/mol. The van der Waals surface area contributed by atoms with Gasteiger partial charge in [0, 0.05) is 50.4 Å². The number of hydrogen-bond donors (Lipinski definition) is 2. The van der Waals surface area contributed by atoms with Crippen LogP contribution in [0.2, 0.25) is 0 Å². The lowest BCUT2D eigenvalue weighted by Gasteiger charge is -2.32. The van der Waals surface area contributed by atoms with Crippen LogP contribution in [0.25, 0.3) is 0 Å². The van der Waals surface area contributed by atoms with Gasteiger partial charge in [0.05, 0.1) is 4.90 Å². The number of carbonyl (C=O) groups excluding carboxylic acids is 2. The molecule has 8 nitrogen and oxygen atoms in total. The maximum absolute atomic E-state index is 12.7. The number of nitrogens with zero attached hydrogens (tertiary/aromatic N) is 2. The molecule has 2 amide bonds. The monoisotopic (exact) mass is 470 g/mol. The van der Waals surface area contributed by atoms with Crippen LogP contribution in [0, 0.1) is 5.92 Å². The Morgan fingerprint density at radius 2 is 1.67 bits per heavy atom. The second kappa shape index (κ2) is 10.0. The predicted octanol–water partition coefficient (Wildman–Crippen LogP) is 1.69. The molecule has 2 fully saturated rings. The van der Waals surface area contributed by atoms with Crippen molar-refractivity contribution >= 4 is 21.8 Å². The van der Waals surface area contributed by atoms with E-state index in [1.807, 2.05) is 24.1 Å². The van der Waals surface area contributed by atoms with Gasteiger partial charge in [0.2, 0.25) is 10.0 Å². The maximum atomic E-state index is 12.7. The molecule has 9 heteroatoms. The van der Waals surface area contributed by atoms with Crippen molar-refractivity contribution in [2.75, 3.05) is 39.8 Å². The van der Waals surface area contributed by atoms with Crippen LogP contribution in [0.1, 0.15) is 39.1 Å². The third kappa shape index (κ3) is 6.19. The number of piperazine rings is 1. The van der Waals surface area contributed by atoms with Crippen molar-refractivity contribution in [1.29, 1.82) is 0 Å². The number of sulfonamides is 1. The lowest BCUT2D eigenvalue weighted by Crippen LogP contribution is -2.47. The van der Waals surface area contributed by atoms with Gasteiger partial charge in [0.25, 0.3) is 11.8 Å². The zero-order valence-corrected chi connectivity index (χ0v) is 19.6. The number of likely N-dealkylation sites (N-methyl/N-ethyl adjacent to an activating group) is 1. The van der Waals surface area contributed by atoms with Gasteiger partial charge in [-0.2, -0.15) is 0 Å². The van der Waals surface area contributed by atoms with Gasteiger partial charge < -0.3 is 15.1 Å². The number of hydrogen-bond acceptors (Lipinski definition) is 5. The van der Waals surface area contributed by atoms with E-state index in [0.717, 1.165) is 44.6 Å². The molecule has 2 N–H and O–H groups in total. The summed E-state index contributed by atoms with van der Waals surface area (Å²) in [6.45, 7) is 3.89. The van der Waals surface area contributed by atoms with Crippen LogP contribution < -0.4 is 10.0 Å². The molecule has 176 valence electrons. The molecule has 0 aromatic heterocycles. The summed E-state index contributed by atoms with van der Waals surface area (Å²) in [6.07, 6.45) is 2.10. The van der Waals surface area contributed by atoms with Crippen LogP contribution >= 0.6 is 0 Å². The summed E-state index contributed by atoms with van der Waals surface area (Å²) >= 11 is 0. The number of amides is 2. The minimum atomic E-state index is -3.63. The Labute approximate surface area is 195 Å². The topological polar surface area (TPSA) is 98.8 Å². The van der Waals surface area contributed by atoms with E-state index in [9.17, 15) is 18.0 Å². The lowest BCUT2D eigenvalue weighted by molar-refractivity contribution is 0.0664. The molecule has 0 unspecified atom stereocenters. The highest BCUT2D eigenvalue weighted by atomic mass is 32.2. The Bertz CT molecular complexity index is 1110. The second-order valence-corrected chi connectivity index (χ2v) is 10.6. The summed E-state index contributed by atoms with van der Waals surface area (Å²) in [6, 6.07) is 13.2. The summed E-state index contributed by atoms with van der Waals surface area (Å²) in [4.78, 5) is 29.4. The molecule has 4 rings (SSSR count). The molecule has 0 spiro atoms. The van der Waals surface area contributed by atoms with E-state index in [2.05, 4.69) is 14.9 Å². The largest absolute Gasteiger partial charge is 0.348 e. The third-order valence-electron chi connectivity index (χ3n) is 6.11. The average Bonchev–Trinajstić information content (AvgIpc) is 3.66. The van der Waals surface area contributed by atoms with E-state index in [-0.39, 0.29) is 28.8 Å². The van der Waals surface area contributed by atoms with Crippen LogP contribution in [0.3, 0.4) is 0 Å². The Balaban J connectivity index is 1.32. The minimum absolute atomic E-state index is 0.0204. The van der Waals surface area contributed by atoms with Gasteiger partial charge in [0.1, 0.15) is 0 Å². The van der Waals surface area contributed by atoms with Crippen LogP contribution in [-0.4, -0.2) is 69.8 Å². The standard InChI is InChI=1S/C24H30N4O4S/c1-27-11-13-28(14-12-27)24(30)20-9-7-18(8-10-20)16-25-23(29)21-3-2-4-22(15-21)33(31,32)26-17-19-5-6-19/h2-4,7-10,15,19,26H,5-6,11-14,16-17H2,1H3,(H,25,29). The Kier molecular flexibility index (Phi) is 7.11. The fraction of sp³-hybridized carbons (Fsp3) is 0.417. The van der Waals surface area contributed by atoms with E-state index in [1.165, 1.54) is 12.1 Å². The second-order valence-electron chi connectivity index (χ2n) is 8.80. The number of carbonyl (C=O) groups is 2. The van der Waals surface area contributed by atoms with Gasteiger partial charge in [-0.05, 0) is 61.7 Å². The number of rotatable bonds is 8. The first kappa shape index (κ1) is 23.4. The van der Waals surface area contributed by atoms with Crippen LogP contribution in [-0.2, 0) is 16.6 Å². The molecule has 1 saturated carbocycles. The summed E-state index contributed by atoms with van der Waals surface area (Å²) in [5, 5.41) is 2.82. The van der Waals surface area contributed by atoms with Crippen LogP contribution in [0.4, 0.5) is 0 Å². The highest BCUT2D eigenvalue weighted by Gasteiger charge is 2.25. The van der Waals surface area contributed by atoms with E-state index >= 15 is 0 Å². The molecule has 2 aromatic carbocycles. The van der Waals surface area contributed by atoms with Crippen molar-refractivity contribution < 1.29 is 18.0 Å². The zero-order valence-electron chi connectivity index (χ0n) is 18.8.